The molecular weight excluding hydrogens is 394 g/mol. The van der Waals surface area contributed by atoms with Gasteiger partial charge >= 0.3 is 0 Å². The predicted molar refractivity (Wildman–Crippen MR) is 118 cm³/mol. The molecule has 0 saturated heterocycles. The second-order valence-electron chi connectivity index (χ2n) is 8.91. The van der Waals surface area contributed by atoms with Crippen molar-refractivity contribution < 1.29 is 18.7 Å². The van der Waals surface area contributed by atoms with Gasteiger partial charge in [-0.3, -0.25) is 9.59 Å². The number of fused-ring (bicyclic) bond motifs is 1. The molecule has 1 saturated carbocycles. The summed E-state index contributed by atoms with van der Waals surface area (Å²) < 4.78 is 12.7. The molecule has 1 aliphatic heterocycles. The number of furan rings is 1. The average molecular weight is 428 g/mol. The van der Waals surface area contributed by atoms with Crippen LogP contribution in [-0.4, -0.2) is 53.1 Å². The van der Waals surface area contributed by atoms with Crippen molar-refractivity contribution in [1.82, 2.24) is 14.8 Å². The molecule has 7 heteroatoms. The van der Waals surface area contributed by atoms with Crippen molar-refractivity contribution >= 4 is 11.8 Å². The minimum absolute atomic E-state index is 0.0742. The number of aromatic nitrogens is 1. The molecule has 2 aliphatic rings. The summed E-state index contributed by atoms with van der Waals surface area (Å²) in [6.45, 7) is 3.30. The molecule has 2 aromatic heterocycles. The lowest BCUT2D eigenvalue weighted by Crippen LogP contribution is -2.65. The van der Waals surface area contributed by atoms with Gasteiger partial charge in [-0.25, -0.2) is 0 Å². The third kappa shape index (κ3) is 4.28. The number of carbonyl (C=O) groups is 2. The van der Waals surface area contributed by atoms with Crippen LogP contribution in [0.15, 0.2) is 34.9 Å². The van der Waals surface area contributed by atoms with Gasteiger partial charge in [0.2, 0.25) is 5.91 Å². The molecule has 0 radical (unpaired) electrons. The van der Waals surface area contributed by atoms with Crippen LogP contribution in [-0.2, 0) is 16.1 Å². The van der Waals surface area contributed by atoms with E-state index in [1.807, 2.05) is 35.8 Å². The van der Waals surface area contributed by atoms with Crippen molar-refractivity contribution in [1.29, 1.82) is 0 Å². The van der Waals surface area contributed by atoms with E-state index in [0.29, 0.717) is 37.6 Å². The first-order valence-electron chi connectivity index (χ1n) is 11.4. The highest BCUT2D eigenvalue weighted by atomic mass is 16.5. The van der Waals surface area contributed by atoms with Gasteiger partial charge in [0.25, 0.3) is 5.91 Å². The zero-order valence-corrected chi connectivity index (χ0v) is 18.6. The van der Waals surface area contributed by atoms with Gasteiger partial charge in [-0.2, -0.15) is 0 Å². The van der Waals surface area contributed by atoms with Crippen LogP contribution < -0.4 is 5.32 Å². The van der Waals surface area contributed by atoms with Gasteiger partial charge in [-0.05, 0) is 50.5 Å². The van der Waals surface area contributed by atoms with Gasteiger partial charge in [0.1, 0.15) is 17.0 Å². The fourth-order valence-corrected chi connectivity index (χ4v) is 4.89. The zero-order chi connectivity index (χ0) is 21.8. The number of hydrogen-bond acceptors (Lipinski definition) is 4. The lowest BCUT2D eigenvalue weighted by atomic mass is 9.93. The van der Waals surface area contributed by atoms with E-state index in [-0.39, 0.29) is 17.9 Å². The first-order chi connectivity index (χ1) is 15.0. The Balaban J connectivity index is 1.65. The Morgan fingerprint density at radius 2 is 1.94 bits per heavy atom. The molecule has 1 N–H and O–H groups in total. The Hall–Kier alpha value is -2.54. The lowest BCUT2D eigenvalue weighted by Gasteiger charge is -2.45. The molecule has 4 rings (SSSR count). The Morgan fingerprint density at radius 1 is 1.19 bits per heavy atom. The number of amides is 2. The van der Waals surface area contributed by atoms with Crippen molar-refractivity contribution in [3.8, 4) is 11.5 Å². The molecule has 168 valence electrons. The number of hydrogen-bond donors (Lipinski definition) is 1. The van der Waals surface area contributed by atoms with Crippen LogP contribution in [0.25, 0.3) is 11.5 Å². The molecule has 0 unspecified atom stereocenters. The van der Waals surface area contributed by atoms with E-state index in [0.717, 1.165) is 31.4 Å². The fraction of sp³-hybridized carbons (Fsp3) is 0.583. The number of methoxy groups -OCH3 is 1. The molecular formula is C24H33N3O4. The highest BCUT2D eigenvalue weighted by Gasteiger charge is 2.48. The van der Waals surface area contributed by atoms with Gasteiger partial charge in [-0.15, -0.1) is 0 Å². The van der Waals surface area contributed by atoms with Crippen LogP contribution in [0.2, 0.25) is 0 Å². The van der Waals surface area contributed by atoms with E-state index in [9.17, 15) is 9.59 Å². The molecule has 0 aromatic carbocycles. The summed E-state index contributed by atoms with van der Waals surface area (Å²) in [4.78, 5) is 28.9. The quantitative estimate of drug-likeness (QED) is 0.538. The molecule has 1 fully saturated rings. The molecule has 2 amide bonds. The van der Waals surface area contributed by atoms with Gasteiger partial charge in [0.05, 0.1) is 18.5 Å². The van der Waals surface area contributed by atoms with Gasteiger partial charge in [0, 0.05) is 26.3 Å². The van der Waals surface area contributed by atoms with E-state index in [1.54, 1.807) is 18.3 Å². The zero-order valence-electron chi connectivity index (χ0n) is 18.6. The predicted octanol–water partition coefficient (Wildman–Crippen LogP) is 3.84. The summed E-state index contributed by atoms with van der Waals surface area (Å²) in [7, 11) is 1.65. The van der Waals surface area contributed by atoms with Crippen LogP contribution in [0, 0.1) is 0 Å². The number of nitrogens with zero attached hydrogens (tertiary/aromatic N) is 2. The van der Waals surface area contributed by atoms with E-state index >= 15 is 0 Å². The van der Waals surface area contributed by atoms with Crippen LogP contribution >= 0.6 is 0 Å². The second-order valence-corrected chi connectivity index (χ2v) is 8.91. The standard InChI is InChI=1S/C24H33N3O4/c1-24(23(29)25-18-9-5-3-4-6-10-18)17-26-19(21-11-7-16-31-21)12-13-20(26)22(28)27(24)14-8-15-30-2/h7,11-13,16,18H,3-6,8-10,14-15,17H2,1-2H3,(H,25,29)/t24-/m0/s1. The molecule has 1 aliphatic carbocycles. The number of carbonyl (C=O) groups excluding carboxylic acids is 2. The highest BCUT2D eigenvalue weighted by Crippen LogP contribution is 2.33. The fourth-order valence-electron chi connectivity index (χ4n) is 4.89. The van der Waals surface area contributed by atoms with Crippen LogP contribution in [0.3, 0.4) is 0 Å². The summed E-state index contributed by atoms with van der Waals surface area (Å²) in [6.07, 6.45) is 9.05. The monoisotopic (exact) mass is 427 g/mol. The molecule has 31 heavy (non-hydrogen) atoms. The first-order valence-corrected chi connectivity index (χ1v) is 11.4. The highest BCUT2D eigenvalue weighted by molar-refractivity contribution is 6.00. The number of ether oxygens (including phenoxy) is 1. The molecule has 1 atom stereocenters. The average Bonchev–Trinajstić information content (AvgIpc) is 3.35. The summed E-state index contributed by atoms with van der Waals surface area (Å²) >= 11 is 0. The van der Waals surface area contributed by atoms with Crippen molar-refractivity contribution in [2.75, 3.05) is 20.3 Å². The Bertz CT molecular complexity index is 896. The van der Waals surface area contributed by atoms with E-state index < -0.39 is 5.54 Å². The van der Waals surface area contributed by atoms with E-state index in [2.05, 4.69) is 5.32 Å². The van der Waals surface area contributed by atoms with Crippen molar-refractivity contribution in [3.05, 3.63) is 36.2 Å². The summed E-state index contributed by atoms with van der Waals surface area (Å²) in [5.74, 6) is 0.493. The molecule has 2 aromatic rings. The van der Waals surface area contributed by atoms with E-state index in [4.69, 9.17) is 9.15 Å². The third-order valence-corrected chi connectivity index (χ3v) is 6.69. The largest absolute Gasteiger partial charge is 0.463 e. The Morgan fingerprint density at radius 3 is 2.61 bits per heavy atom. The molecule has 0 bridgehead atoms. The Labute approximate surface area is 183 Å². The number of rotatable bonds is 7. The van der Waals surface area contributed by atoms with Crippen molar-refractivity contribution in [2.45, 2.75) is 70.0 Å². The molecule has 0 spiro atoms. The maximum absolute atomic E-state index is 13.6. The van der Waals surface area contributed by atoms with Gasteiger partial charge < -0.3 is 23.9 Å². The molecule has 3 heterocycles. The van der Waals surface area contributed by atoms with Crippen molar-refractivity contribution in [3.63, 3.8) is 0 Å². The smallest absolute Gasteiger partial charge is 0.271 e. The number of nitrogens with one attached hydrogen (secondary N) is 1. The lowest BCUT2D eigenvalue weighted by molar-refractivity contribution is -0.133. The van der Waals surface area contributed by atoms with E-state index in [1.165, 1.54) is 12.8 Å². The summed E-state index contributed by atoms with van der Waals surface area (Å²) in [5.41, 5.74) is 0.423. The second kappa shape index (κ2) is 9.30. The van der Waals surface area contributed by atoms with Crippen molar-refractivity contribution in [2.24, 2.45) is 0 Å². The SMILES string of the molecule is COCCCN1C(=O)c2ccc(-c3ccco3)n2C[C@@]1(C)C(=O)NC1CCCCCC1. The first kappa shape index (κ1) is 21.7. The topological polar surface area (TPSA) is 76.7 Å². The minimum Gasteiger partial charge on any atom is -0.463 e. The minimum atomic E-state index is -0.982. The summed E-state index contributed by atoms with van der Waals surface area (Å²) in [6, 6.07) is 7.61. The van der Waals surface area contributed by atoms with Gasteiger partial charge in [0.15, 0.2) is 0 Å². The van der Waals surface area contributed by atoms with Crippen LogP contribution in [0.4, 0.5) is 0 Å². The molecule has 7 nitrogen and oxygen atoms in total. The maximum Gasteiger partial charge on any atom is 0.271 e. The van der Waals surface area contributed by atoms with Crippen LogP contribution in [0.1, 0.15) is 62.4 Å². The van der Waals surface area contributed by atoms with Gasteiger partial charge in [-0.1, -0.05) is 25.7 Å². The Kier molecular flexibility index (Phi) is 6.51. The maximum atomic E-state index is 13.6. The normalized spacial score (nSPS) is 22.3. The van der Waals surface area contributed by atoms with Crippen LogP contribution in [0.5, 0.6) is 0 Å². The summed E-state index contributed by atoms with van der Waals surface area (Å²) in [5, 5.41) is 3.29. The third-order valence-electron chi connectivity index (χ3n) is 6.69.